The topological polar surface area (TPSA) is 41.8 Å². The first-order valence-corrected chi connectivity index (χ1v) is 5.69. The molecule has 0 saturated heterocycles. The first-order valence-electron chi connectivity index (χ1n) is 5.69. The van der Waals surface area contributed by atoms with Crippen molar-refractivity contribution in [2.75, 3.05) is 0 Å². The summed E-state index contributed by atoms with van der Waals surface area (Å²) in [7, 11) is 0. The van der Waals surface area contributed by atoms with E-state index in [-0.39, 0.29) is 5.54 Å². The van der Waals surface area contributed by atoms with Crippen molar-refractivity contribution in [3.05, 3.63) is 34.5 Å². The van der Waals surface area contributed by atoms with Gasteiger partial charge in [0, 0.05) is 22.1 Å². The van der Waals surface area contributed by atoms with E-state index >= 15 is 0 Å². The van der Waals surface area contributed by atoms with Crippen molar-refractivity contribution in [2.45, 2.75) is 40.2 Å². The Morgan fingerprint density at radius 2 is 1.75 bits per heavy atom. The summed E-state index contributed by atoms with van der Waals surface area (Å²) < 4.78 is 0. The molecule has 0 amide bonds. The number of benzene rings is 1. The molecule has 0 fully saturated rings. The Labute approximate surface area is 96.9 Å². The minimum absolute atomic E-state index is 0.303. The molecule has 0 aliphatic carbocycles. The fraction of sp³-hybridized carbons (Fsp3) is 0.429. The molecule has 0 aliphatic heterocycles. The van der Waals surface area contributed by atoms with Gasteiger partial charge in [-0.05, 0) is 57.4 Å². The lowest BCUT2D eigenvalue weighted by molar-refractivity contribution is 0.555. The van der Waals surface area contributed by atoms with Gasteiger partial charge in [0.1, 0.15) is 0 Å². The van der Waals surface area contributed by atoms with Crippen LogP contribution >= 0.6 is 0 Å². The average Bonchev–Trinajstić information content (AvgIpc) is 2.39. The number of fused-ring (bicyclic) bond motifs is 1. The van der Waals surface area contributed by atoms with Crippen molar-refractivity contribution in [2.24, 2.45) is 5.73 Å². The maximum Gasteiger partial charge on any atom is 0.0464 e. The molecule has 1 aromatic heterocycles. The van der Waals surface area contributed by atoms with Crippen LogP contribution in [0, 0.1) is 20.8 Å². The number of rotatable bonds is 1. The normalized spacial score (nSPS) is 12.4. The van der Waals surface area contributed by atoms with E-state index in [9.17, 15) is 0 Å². The smallest absolute Gasteiger partial charge is 0.0464 e. The van der Waals surface area contributed by atoms with Gasteiger partial charge in [-0.3, -0.25) is 0 Å². The molecule has 0 unspecified atom stereocenters. The molecule has 0 saturated carbocycles. The van der Waals surface area contributed by atoms with Crippen LogP contribution in [-0.4, -0.2) is 4.98 Å². The predicted octanol–water partition coefficient (Wildman–Crippen LogP) is 3.29. The summed E-state index contributed by atoms with van der Waals surface area (Å²) in [5.74, 6) is 0. The summed E-state index contributed by atoms with van der Waals surface area (Å²) in [6.45, 7) is 10.5. The number of H-pyrrole nitrogens is 1. The average molecular weight is 216 g/mol. The summed E-state index contributed by atoms with van der Waals surface area (Å²) in [4.78, 5) is 3.44. The van der Waals surface area contributed by atoms with Gasteiger partial charge >= 0.3 is 0 Å². The fourth-order valence-corrected chi connectivity index (χ4v) is 2.66. The van der Waals surface area contributed by atoms with Crippen molar-refractivity contribution < 1.29 is 0 Å². The lowest BCUT2D eigenvalue weighted by Crippen LogP contribution is -2.29. The van der Waals surface area contributed by atoms with Crippen LogP contribution in [-0.2, 0) is 5.54 Å². The minimum atomic E-state index is -0.303. The van der Waals surface area contributed by atoms with Crippen LogP contribution in [0.1, 0.15) is 36.2 Å². The SMILES string of the molecule is Cc1cc(C)c2c(C(C)(C)N)c(C)[nH]c2c1. The standard InChI is InChI=1S/C14H20N2/c1-8-6-9(2)12-11(7-8)16-10(3)13(12)14(4,5)15/h6-7,16H,15H2,1-5H3. The van der Waals surface area contributed by atoms with Crippen LogP contribution in [0.2, 0.25) is 0 Å². The van der Waals surface area contributed by atoms with E-state index < -0.39 is 0 Å². The third kappa shape index (κ3) is 1.63. The molecule has 3 N–H and O–H groups in total. The van der Waals surface area contributed by atoms with E-state index in [1.165, 1.54) is 33.3 Å². The van der Waals surface area contributed by atoms with Gasteiger partial charge in [-0.25, -0.2) is 0 Å². The summed E-state index contributed by atoms with van der Waals surface area (Å²) in [5.41, 5.74) is 12.1. The van der Waals surface area contributed by atoms with Gasteiger partial charge in [-0.15, -0.1) is 0 Å². The Balaban J connectivity index is 2.90. The van der Waals surface area contributed by atoms with Gasteiger partial charge < -0.3 is 10.7 Å². The summed E-state index contributed by atoms with van der Waals surface area (Å²) in [6.07, 6.45) is 0. The number of nitrogens with one attached hydrogen (secondary N) is 1. The van der Waals surface area contributed by atoms with Crippen LogP contribution < -0.4 is 5.73 Å². The maximum atomic E-state index is 6.26. The van der Waals surface area contributed by atoms with E-state index in [0.717, 1.165) is 0 Å². The molecule has 2 aromatic rings. The number of aromatic nitrogens is 1. The molecule has 16 heavy (non-hydrogen) atoms. The van der Waals surface area contributed by atoms with Crippen LogP contribution in [0.4, 0.5) is 0 Å². The predicted molar refractivity (Wildman–Crippen MR) is 69.7 cm³/mol. The highest BCUT2D eigenvalue weighted by molar-refractivity contribution is 5.89. The van der Waals surface area contributed by atoms with Crippen molar-refractivity contribution in [3.8, 4) is 0 Å². The van der Waals surface area contributed by atoms with Crippen molar-refractivity contribution in [1.82, 2.24) is 4.98 Å². The number of hydrogen-bond acceptors (Lipinski definition) is 1. The molecule has 1 aromatic carbocycles. The highest BCUT2D eigenvalue weighted by atomic mass is 14.8. The zero-order valence-corrected chi connectivity index (χ0v) is 10.7. The summed E-state index contributed by atoms with van der Waals surface area (Å²) >= 11 is 0. The molecule has 0 radical (unpaired) electrons. The lowest BCUT2D eigenvalue weighted by atomic mass is 9.90. The molecular formula is C14H20N2. The largest absolute Gasteiger partial charge is 0.358 e. The van der Waals surface area contributed by atoms with Gasteiger partial charge in [0.2, 0.25) is 0 Å². The highest BCUT2D eigenvalue weighted by Gasteiger charge is 2.22. The third-order valence-corrected chi connectivity index (χ3v) is 3.07. The Kier molecular flexibility index (Phi) is 2.35. The molecule has 2 nitrogen and oxygen atoms in total. The fourth-order valence-electron chi connectivity index (χ4n) is 2.66. The maximum absolute atomic E-state index is 6.26. The minimum Gasteiger partial charge on any atom is -0.358 e. The van der Waals surface area contributed by atoms with Crippen molar-refractivity contribution >= 4 is 10.9 Å². The number of aromatic amines is 1. The molecule has 86 valence electrons. The second kappa shape index (κ2) is 3.36. The van der Waals surface area contributed by atoms with E-state index in [1.54, 1.807) is 0 Å². The molecule has 1 heterocycles. The monoisotopic (exact) mass is 216 g/mol. The second-order valence-corrected chi connectivity index (χ2v) is 5.35. The molecule has 0 atom stereocenters. The zero-order valence-electron chi connectivity index (χ0n) is 10.7. The van der Waals surface area contributed by atoms with E-state index in [1.807, 2.05) is 0 Å². The zero-order chi connectivity index (χ0) is 12.1. The van der Waals surface area contributed by atoms with Gasteiger partial charge in [0.15, 0.2) is 0 Å². The highest BCUT2D eigenvalue weighted by Crippen LogP contribution is 2.32. The molecule has 0 aliphatic rings. The lowest BCUT2D eigenvalue weighted by Gasteiger charge is -2.20. The van der Waals surface area contributed by atoms with Crippen LogP contribution in [0.5, 0.6) is 0 Å². The van der Waals surface area contributed by atoms with Gasteiger partial charge in [-0.1, -0.05) is 6.07 Å². The number of hydrogen-bond donors (Lipinski definition) is 2. The third-order valence-electron chi connectivity index (χ3n) is 3.07. The molecular weight excluding hydrogens is 196 g/mol. The Bertz CT molecular complexity index is 542. The Morgan fingerprint density at radius 3 is 2.31 bits per heavy atom. The summed E-state index contributed by atoms with van der Waals surface area (Å²) in [5, 5.41) is 1.29. The van der Waals surface area contributed by atoms with Gasteiger partial charge in [0.05, 0.1) is 0 Å². The van der Waals surface area contributed by atoms with E-state index in [0.29, 0.717) is 0 Å². The van der Waals surface area contributed by atoms with Gasteiger partial charge in [0.25, 0.3) is 0 Å². The molecule has 2 heteroatoms. The number of nitrogens with two attached hydrogens (primary N) is 1. The van der Waals surface area contributed by atoms with Crippen molar-refractivity contribution in [1.29, 1.82) is 0 Å². The Morgan fingerprint density at radius 1 is 1.12 bits per heavy atom. The molecule has 0 spiro atoms. The molecule has 0 bridgehead atoms. The van der Waals surface area contributed by atoms with Crippen molar-refractivity contribution in [3.63, 3.8) is 0 Å². The molecule has 2 rings (SSSR count). The quantitative estimate of drug-likeness (QED) is 0.754. The Hall–Kier alpha value is -1.28. The first kappa shape index (κ1) is 11.2. The van der Waals surface area contributed by atoms with Gasteiger partial charge in [-0.2, -0.15) is 0 Å². The van der Waals surface area contributed by atoms with Crippen LogP contribution in [0.15, 0.2) is 12.1 Å². The first-order chi connectivity index (χ1) is 7.30. The summed E-state index contributed by atoms with van der Waals surface area (Å²) in [6, 6.07) is 4.40. The van der Waals surface area contributed by atoms with E-state index in [2.05, 4.69) is 51.7 Å². The van der Waals surface area contributed by atoms with Crippen LogP contribution in [0.3, 0.4) is 0 Å². The van der Waals surface area contributed by atoms with E-state index in [4.69, 9.17) is 5.73 Å². The second-order valence-electron chi connectivity index (χ2n) is 5.35. The number of aryl methyl sites for hydroxylation is 3. The van der Waals surface area contributed by atoms with Crippen LogP contribution in [0.25, 0.3) is 10.9 Å².